The molecular formula is C22H23N3O5. The molecule has 2 aliphatic rings. The van der Waals surface area contributed by atoms with Crippen LogP contribution in [0, 0.1) is 0 Å². The molecular weight excluding hydrogens is 386 g/mol. The van der Waals surface area contributed by atoms with E-state index in [0.29, 0.717) is 24.3 Å². The molecule has 0 radical (unpaired) electrons. The highest BCUT2D eigenvalue weighted by molar-refractivity contribution is 6.10. The van der Waals surface area contributed by atoms with Gasteiger partial charge in [-0.1, -0.05) is 18.2 Å². The van der Waals surface area contributed by atoms with Crippen molar-refractivity contribution in [3.8, 4) is 16.9 Å². The van der Waals surface area contributed by atoms with E-state index in [1.54, 1.807) is 29.0 Å². The number of piperazine rings is 1. The van der Waals surface area contributed by atoms with Crippen LogP contribution in [0.15, 0.2) is 42.5 Å². The predicted molar refractivity (Wildman–Crippen MR) is 110 cm³/mol. The Kier molecular flexibility index (Phi) is 5.41. The Balaban J connectivity index is 1.63. The Hall–Kier alpha value is -3.39. The number of benzene rings is 2. The lowest BCUT2D eigenvalue weighted by atomic mass is 10.0. The molecule has 2 aliphatic heterocycles. The van der Waals surface area contributed by atoms with Gasteiger partial charge < -0.3 is 24.6 Å². The minimum atomic E-state index is -0.733. The van der Waals surface area contributed by atoms with Gasteiger partial charge in [0.05, 0.1) is 24.9 Å². The molecule has 1 N–H and O–H groups in total. The Morgan fingerprint density at radius 1 is 1.07 bits per heavy atom. The molecule has 0 saturated carbocycles. The van der Waals surface area contributed by atoms with Crippen LogP contribution in [0.5, 0.6) is 5.75 Å². The smallest absolute Gasteiger partial charge is 0.256 e. The van der Waals surface area contributed by atoms with E-state index >= 15 is 0 Å². The summed E-state index contributed by atoms with van der Waals surface area (Å²) in [6.45, 7) is 0.761. The van der Waals surface area contributed by atoms with E-state index in [4.69, 9.17) is 9.47 Å². The SMILES string of the molecule is COCC(=O)N1CCN2C(=O)c3cc(-c4ccc(OC)cc4)ccc3NC(=O)C2C1. The second-order valence-electron chi connectivity index (χ2n) is 7.27. The van der Waals surface area contributed by atoms with Crippen LogP contribution in [0.2, 0.25) is 0 Å². The van der Waals surface area contributed by atoms with E-state index in [2.05, 4.69) is 5.32 Å². The molecule has 0 aliphatic carbocycles. The highest BCUT2D eigenvalue weighted by atomic mass is 16.5. The first kappa shape index (κ1) is 19.9. The summed E-state index contributed by atoms with van der Waals surface area (Å²) in [5.41, 5.74) is 2.72. The molecule has 0 spiro atoms. The molecule has 1 fully saturated rings. The normalized spacial score (nSPS) is 18.3. The molecule has 2 heterocycles. The van der Waals surface area contributed by atoms with Gasteiger partial charge >= 0.3 is 0 Å². The van der Waals surface area contributed by atoms with Crippen LogP contribution in [0.4, 0.5) is 5.69 Å². The monoisotopic (exact) mass is 409 g/mol. The second-order valence-corrected chi connectivity index (χ2v) is 7.27. The first-order valence-corrected chi connectivity index (χ1v) is 9.69. The van der Waals surface area contributed by atoms with Crippen LogP contribution >= 0.6 is 0 Å². The average molecular weight is 409 g/mol. The van der Waals surface area contributed by atoms with Crippen molar-refractivity contribution in [3.63, 3.8) is 0 Å². The van der Waals surface area contributed by atoms with Crippen molar-refractivity contribution in [1.82, 2.24) is 9.80 Å². The van der Waals surface area contributed by atoms with Crippen molar-refractivity contribution < 1.29 is 23.9 Å². The number of ether oxygens (including phenoxy) is 2. The van der Waals surface area contributed by atoms with Gasteiger partial charge in [0.15, 0.2) is 0 Å². The zero-order valence-electron chi connectivity index (χ0n) is 16.9. The number of fused-ring (bicyclic) bond motifs is 2. The molecule has 2 aromatic rings. The van der Waals surface area contributed by atoms with Crippen molar-refractivity contribution >= 4 is 23.4 Å². The summed E-state index contributed by atoms with van der Waals surface area (Å²) in [7, 11) is 3.06. The van der Waals surface area contributed by atoms with Crippen LogP contribution in [-0.4, -0.2) is 74.0 Å². The average Bonchev–Trinajstić information content (AvgIpc) is 2.88. The topological polar surface area (TPSA) is 88.2 Å². The first-order valence-electron chi connectivity index (χ1n) is 9.69. The Labute approximate surface area is 174 Å². The third-order valence-corrected chi connectivity index (χ3v) is 5.50. The molecule has 8 nitrogen and oxygen atoms in total. The zero-order chi connectivity index (χ0) is 21.3. The van der Waals surface area contributed by atoms with Crippen LogP contribution in [0.25, 0.3) is 11.1 Å². The maximum absolute atomic E-state index is 13.3. The Morgan fingerprint density at radius 2 is 1.80 bits per heavy atom. The summed E-state index contributed by atoms with van der Waals surface area (Å²) in [5.74, 6) is 0.0401. The molecule has 8 heteroatoms. The quantitative estimate of drug-likeness (QED) is 0.829. The number of carbonyl (C=O) groups excluding carboxylic acids is 3. The van der Waals surface area contributed by atoms with Gasteiger partial charge in [0.1, 0.15) is 18.4 Å². The lowest BCUT2D eigenvalue weighted by Crippen LogP contribution is -2.59. The minimum Gasteiger partial charge on any atom is -0.497 e. The molecule has 4 rings (SSSR count). The van der Waals surface area contributed by atoms with Crippen molar-refractivity contribution in [2.75, 3.05) is 45.8 Å². The van der Waals surface area contributed by atoms with Gasteiger partial charge in [0.2, 0.25) is 11.8 Å². The predicted octanol–water partition coefficient (Wildman–Crippen LogP) is 1.61. The lowest BCUT2D eigenvalue weighted by Gasteiger charge is -2.39. The highest BCUT2D eigenvalue weighted by Gasteiger charge is 2.40. The fourth-order valence-electron chi connectivity index (χ4n) is 3.86. The summed E-state index contributed by atoms with van der Waals surface area (Å²) < 4.78 is 10.1. The Bertz CT molecular complexity index is 989. The number of rotatable bonds is 4. The maximum Gasteiger partial charge on any atom is 0.256 e. The summed E-state index contributed by atoms with van der Waals surface area (Å²) >= 11 is 0. The van der Waals surface area contributed by atoms with Crippen molar-refractivity contribution in [3.05, 3.63) is 48.0 Å². The number of nitrogens with zero attached hydrogens (tertiary/aromatic N) is 2. The summed E-state index contributed by atoms with van der Waals surface area (Å²) in [5, 5.41) is 2.85. The number of carbonyl (C=O) groups is 3. The van der Waals surface area contributed by atoms with Gasteiger partial charge in [-0.3, -0.25) is 14.4 Å². The fraction of sp³-hybridized carbons (Fsp3) is 0.318. The molecule has 0 bridgehead atoms. The summed E-state index contributed by atoms with van der Waals surface area (Å²) in [6, 6.07) is 12.2. The van der Waals surface area contributed by atoms with Gasteiger partial charge in [-0.15, -0.1) is 0 Å². The van der Waals surface area contributed by atoms with E-state index < -0.39 is 6.04 Å². The number of hydrogen-bond acceptors (Lipinski definition) is 5. The largest absolute Gasteiger partial charge is 0.497 e. The fourth-order valence-corrected chi connectivity index (χ4v) is 3.86. The van der Waals surface area contributed by atoms with E-state index in [0.717, 1.165) is 16.9 Å². The Morgan fingerprint density at radius 3 is 2.50 bits per heavy atom. The van der Waals surface area contributed by atoms with E-state index in [1.165, 1.54) is 7.11 Å². The molecule has 1 saturated heterocycles. The van der Waals surface area contributed by atoms with Crippen LogP contribution in [0.3, 0.4) is 0 Å². The first-order chi connectivity index (χ1) is 14.5. The van der Waals surface area contributed by atoms with Gasteiger partial charge in [-0.05, 0) is 35.4 Å². The van der Waals surface area contributed by atoms with Gasteiger partial charge in [0, 0.05) is 20.2 Å². The van der Waals surface area contributed by atoms with Crippen LogP contribution in [-0.2, 0) is 14.3 Å². The third-order valence-electron chi connectivity index (χ3n) is 5.50. The molecule has 1 unspecified atom stereocenters. The molecule has 3 amide bonds. The standard InChI is InChI=1S/C22H23N3O5/c1-29-13-20(26)24-9-10-25-19(12-24)21(27)23-18-8-5-15(11-17(18)22(25)28)14-3-6-16(30-2)7-4-14/h3-8,11,19H,9-10,12-13H2,1-2H3,(H,23,27). The van der Waals surface area contributed by atoms with Gasteiger partial charge in [-0.2, -0.15) is 0 Å². The lowest BCUT2D eigenvalue weighted by molar-refractivity contribution is -0.139. The number of hydrogen-bond donors (Lipinski definition) is 1. The van der Waals surface area contributed by atoms with E-state index in [1.807, 2.05) is 30.3 Å². The second kappa shape index (κ2) is 8.16. The van der Waals surface area contributed by atoms with Crippen LogP contribution in [0.1, 0.15) is 10.4 Å². The van der Waals surface area contributed by atoms with Crippen molar-refractivity contribution in [2.45, 2.75) is 6.04 Å². The minimum absolute atomic E-state index is 0.0479. The molecule has 2 aromatic carbocycles. The number of methoxy groups -OCH3 is 2. The highest BCUT2D eigenvalue weighted by Crippen LogP contribution is 2.31. The zero-order valence-corrected chi connectivity index (χ0v) is 16.9. The summed E-state index contributed by atoms with van der Waals surface area (Å²) in [4.78, 5) is 41.4. The third kappa shape index (κ3) is 3.61. The number of amides is 3. The van der Waals surface area contributed by atoms with Gasteiger partial charge in [0.25, 0.3) is 5.91 Å². The van der Waals surface area contributed by atoms with Crippen LogP contribution < -0.4 is 10.1 Å². The maximum atomic E-state index is 13.3. The molecule has 0 aromatic heterocycles. The molecule has 1 atom stereocenters. The molecule has 30 heavy (non-hydrogen) atoms. The van der Waals surface area contributed by atoms with E-state index in [-0.39, 0.29) is 30.9 Å². The van der Waals surface area contributed by atoms with Crippen molar-refractivity contribution in [1.29, 1.82) is 0 Å². The van der Waals surface area contributed by atoms with E-state index in [9.17, 15) is 14.4 Å². The summed E-state index contributed by atoms with van der Waals surface area (Å²) in [6.07, 6.45) is 0. The number of nitrogens with one attached hydrogen (secondary N) is 1. The van der Waals surface area contributed by atoms with Gasteiger partial charge in [-0.25, -0.2) is 0 Å². The van der Waals surface area contributed by atoms with Crippen molar-refractivity contribution in [2.24, 2.45) is 0 Å². The number of anilines is 1. The molecule has 156 valence electrons.